The van der Waals surface area contributed by atoms with Crippen LogP contribution in [0.3, 0.4) is 0 Å². The van der Waals surface area contributed by atoms with Gasteiger partial charge in [-0.3, -0.25) is 0 Å². The Hall–Kier alpha value is -1.57. The molecule has 0 aromatic carbocycles. The summed E-state index contributed by atoms with van der Waals surface area (Å²) in [4.78, 5) is 10.7. The molecule has 0 unspecified atom stereocenters. The summed E-state index contributed by atoms with van der Waals surface area (Å²) in [5.41, 5.74) is 0. The Labute approximate surface area is 72.5 Å². The molecule has 0 bridgehead atoms. The summed E-state index contributed by atoms with van der Waals surface area (Å²) in [5.74, 6) is -0.372. The monoisotopic (exact) mass is 164 g/mol. The van der Waals surface area contributed by atoms with Gasteiger partial charge in [-0.25, -0.2) is 4.79 Å². The molecule has 0 saturated carbocycles. The lowest BCUT2D eigenvalue weighted by Gasteiger charge is -1.93. The van der Waals surface area contributed by atoms with Gasteiger partial charge < -0.3 is 4.74 Å². The molecule has 0 aromatic rings. The summed E-state index contributed by atoms with van der Waals surface area (Å²) >= 11 is 0. The minimum atomic E-state index is -0.372. The summed E-state index contributed by atoms with van der Waals surface area (Å²) in [5, 5.41) is 0. The van der Waals surface area contributed by atoms with Crippen LogP contribution in [0, 0.1) is 0 Å². The first-order valence-electron chi connectivity index (χ1n) is 3.54. The highest BCUT2D eigenvalue weighted by Gasteiger charge is 1.90. The van der Waals surface area contributed by atoms with Crippen molar-refractivity contribution >= 4 is 5.97 Å². The highest BCUT2D eigenvalue weighted by molar-refractivity contribution is 5.82. The zero-order valence-corrected chi connectivity index (χ0v) is 6.90. The van der Waals surface area contributed by atoms with Gasteiger partial charge in [0.05, 0.1) is 0 Å². The summed E-state index contributed by atoms with van der Waals surface area (Å²) in [6, 6.07) is 0. The highest BCUT2D eigenvalue weighted by Crippen LogP contribution is 1.83. The molecule has 64 valence electrons. The summed E-state index contributed by atoms with van der Waals surface area (Å²) < 4.78 is 4.67. The molecule has 0 aliphatic carbocycles. The van der Waals surface area contributed by atoms with Crippen molar-refractivity contribution in [1.29, 1.82) is 0 Å². The van der Waals surface area contributed by atoms with E-state index in [1.807, 2.05) is 0 Å². The molecule has 0 N–H and O–H groups in total. The van der Waals surface area contributed by atoms with Crippen molar-refractivity contribution < 1.29 is 9.53 Å². The van der Waals surface area contributed by atoms with Gasteiger partial charge in [-0.05, 0) is 0 Å². The van der Waals surface area contributed by atoms with E-state index in [0.29, 0.717) is 0 Å². The van der Waals surface area contributed by atoms with Crippen molar-refractivity contribution in [1.82, 2.24) is 0 Å². The minimum Gasteiger partial charge on any atom is -0.458 e. The molecule has 0 spiro atoms. The first kappa shape index (κ1) is 10.4. The highest BCUT2D eigenvalue weighted by atomic mass is 16.5. The number of esters is 1. The summed E-state index contributed by atoms with van der Waals surface area (Å²) in [6.45, 7) is 7.13. The molecule has 0 aliphatic rings. The van der Waals surface area contributed by atoms with Gasteiger partial charge in [0, 0.05) is 6.08 Å². The van der Waals surface area contributed by atoms with E-state index in [-0.39, 0.29) is 12.6 Å². The Bertz CT molecular complexity index is 212. The number of rotatable bonds is 5. The SMILES string of the molecule is C=C/C=C/C=C/C(=O)OCC=C. The van der Waals surface area contributed by atoms with E-state index in [9.17, 15) is 4.79 Å². The van der Waals surface area contributed by atoms with Crippen molar-refractivity contribution in [3.05, 3.63) is 49.6 Å². The lowest BCUT2D eigenvalue weighted by atomic mass is 10.4. The van der Waals surface area contributed by atoms with Crippen LogP contribution in [0.15, 0.2) is 49.6 Å². The van der Waals surface area contributed by atoms with Crippen LogP contribution in [0.5, 0.6) is 0 Å². The van der Waals surface area contributed by atoms with Crippen molar-refractivity contribution in [2.45, 2.75) is 0 Å². The van der Waals surface area contributed by atoms with Gasteiger partial charge in [-0.1, -0.05) is 43.5 Å². The molecule has 0 amide bonds. The molecule has 0 heterocycles. The standard InChI is InChI=1S/C10H12O2/c1-3-5-6-7-8-10(11)12-9-4-2/h3-8H,1-2,9H2/b6-5+,8-7+. The van der Waals surface area contributed by atoms with Crippen LogP contribution in [0.1, 0.15) is 0 Å². The second-order valence-electron chi connectivity index (χ2n) is 1.90. The largest absolute Gasteiger partial charge is 0.458 e. The Balaban J connectivity index is 3.67. The third-order valence-electron chi connectivity index (χ3n) is 0.934. The van der Waals surface area contributed by atoms with Gasteiger partial charge in [0.1, 0.15) is 6.61 Å². The van der Waals surface area contributed by atoms with E-state index in [4.69, 9.17) is 0 Å². The van der Waals surface area contributed by atoms with E-state index in [1.54, 1.807) is 24.3 Å². The molecular weight excluding hydrogens is 152 g/mol. The van der Waals surface area contributed by atoms with E-state index in [0.717, 1.165) is 0 Å². The van der Waals surface area contributed by atoms with E-state index < -0.39 is 0 Å². The number of allylic oxidation sites excluding steroid dienone is 4. The van der Waals surface area contributed by atoms with E-state index >= 15 is 0 Å². The first-order valence-corrected chi connectivity index (χ1v) is 3.54. The minimum absolute atomic E-state index is 0.244. The van der Waals surface area contributed by atoms with Crippen molar-refractivity contribution in [2.24, 2.45) is 0 Å². The molecule has 2 nitrogen and oxygen atoms in total. The van der Waals surface area contributed by atoms with E-state index in [2.05, 4.69) is 17.9 Å². The molecular formula is C10H12O2. The van der Waals surface area contributed by atoms with Crippen LogP contribution in [0.4, 0.5) is 0 Å². The lowest BCUT2D eigenvalue weighted by Crippen LogP contribution is -1.99. The predicted octanol–water partition coefficient (Wildman–Crippen LogP) is 2.01. The number of carbonyl (C=O) groups excluding carboxylic acids is 1. The van der Waals surface area contributed by atoms with Gasteiger partial charge in [-0.2, -0.15) is 0 Å². The first-order chi connectivity index (χ1) is 5.81. The number of carbonyl (C=O) groups is 1. The van der Waals surface area contributed by atoms with Crippen LogP contribution >= 0.6 is 0 Å². The average molecular weight is 164 g/mol. The van der Waals surface area contributed by atoms with Crippen LogP contribution in [0.25, 0.3) is 0 Å². The molecule has 0 aliphatic heterocycles. The normalized spacial score (nSPS) is 10.3. The van der Waals surface area contributed by atoms with Gasteiger partial charge >= 0.3 is 5.97 Å². The number of hydrogen-bond donors (Lipinski definition) is 0. The maximum Gasteiger partial charge on any atom is 0.331 e. The Morgan fingerprint density at radius 3 is 2.58 bits per heavy atom. The lowest BCUT2D eigenvalue weighted by molar-refractivity contribution is -0.136. The Morgan fingerprint density at radius 1 is 1.25 bits per heavy atom. The van der Waals surface area contributed by atoms with Crippen LogP contribution < -0.4 is 0 Å². The van der Waals surface area contributed by atoms with Crippen LogP contribution in [-0.2, 0) is 9.53 Å². The molecule has 0 atom stereocenters. The third kappa shape index (κ3) is 6.55. The van der Waals surface area contributed by atoms with Gasteiger partial charge in [0.2, 0.25) is 0 Å². The summed E-state index contributed by atoms with van der Waals surface area (Å²) in [7, 11) is 0. The van der Waals surface area contributed by atoms with Gasteiger partial charge in [0.15, 0.2) is 0 Å². The number of hydrogen-bond acceptors (Lipinski definition) is 2. The van der Waals surface area contributed by atoms with Gasteiger partial charge in [0.25, 0.3) is 0 Å². The van der Waals surface area contributed by atoms with Crippen molar-refractivity contribution in [3.8, 4) is 0 Å². The molecule has 0 saturated heterocycles. The topological polar surface area (TPSA) is 26.3 Å². The Kier molecular flexibility index (Phi) is 6.55. The predicted molar refractivity (Wildman–Crippen MR) is 49.6 cm³/mol. The molecule has 0 radical (unpaired) electrons. The van der Waals surface area contributed by atoms with Crippen LogP contribution in [0.2, 0.25) is 0 Å². The Morgan fingerprint density at radius 2 is 2.00 bits per heavy atom. The van der Waals surface area contributed by atoms with Crippen molar-refractivity contribution in [3.63, 3.8) is 0 Å². The second kappa shape index (κ2) is 7.54. The van der Waals surface area contributed by atoms with Gasteiger partial charge in [-0.15, -0.1) is 0 Å². The molecule has 0 rings (SSSR count). The number of ether oxygens (including phenoxy) is 1. The fourth-order valence-electron chi connectivity index (χ4n) is 0.466. The quantitative estimate of drug-likeness (QED) is 0.269. The zero-order valence-electron chi connectivity index (χ0n) is 6.90. The molecule has 0 fully saturated rings. The van der Waals surface area contributed by atoms with Crippen LogP contribution in [-0.4, -0.2) is 12.6 Å². The maximum atomic E-state index is 10.7. The smallest absolute Gasteiger partial charge is 0.331 e. The molecule has 2 heteroatoms. The molecule has 12 heavy (non-hydrogen) atoms. The second-order valence-corrected chi connectivity index (χ2v) is 1.90. The summed E-state index contributed by atoms with van der Waals surface area (Å²) in [6.07, 6.45) is 9.49. The van der Waals surface area contributed by atoms with Crippen molar-refractivity contribution in [2.75, 3.05) is 6.61 Å². The average Bonchev–Trinajstić information content (AvgIpc) is 2.09. The fourth-order valence-corrected chi connectivity index (χ4v) is 0.466. The third-order valence-corrected chi connectivity index (χ3v) is 0.934. The fraction of sp³-hybridized carbons (Fsp3) is 0.100. The maximum absolute atomic E-state index is 10.7. The van der Waals surface area contributed by atoms with E-state index in [1.165, 1.54) is 12.2 Å². The zero-order chi connectivity index (χ0) is 9.23. The molecule has 0 aromatic heterocycles.